The van der Waals surface area contributed by atoms with Gasteiger partial charge in [0.25, 0.3) is 5.91 Å². The first-order valence-electron chi connectivity index (χ1n) is 9.01. The van der Waals surface area contributed by atoms with Gasteiger partial charge in [-0.05, 0) is 48.7 Å². The minimum absolute atomic E-state index is 0.0229. The molecule has 3 rings (SSSR count). The molecule has 5 nitrogen and oxygen atoms in total. The largest absolute Gasteiger partial charge is 0.338 e. The summed E-state index contributed by atoms with van der Waals surface area (Å²) in [5, 5.41) is 1.11. The van der Waals surface area contributed by atoms with Crippen LogP contribution in [0.3, 0.4) is 0 Å². The highest BCUT2D eigenvalue weighted by Gasteiger charge is 2.31. The molecule has 152 valence electrons. The molecule has 9 heteroatoms. The van der Waals surface area contributed by atoms with Crippen LogP contribution in [0.25, 0.3) is 10.4 Å². The van der Waals surface area contributed by atoms with Gasteiger partial charge in [-0.2, -0.15) is 4.31 Å². The van der Waals surface area contributed by atoms with Crippen molar-refractivity contribution in [2.24, 2.45) is 0 Å². The van der Waals surface area contributed by atoms with Crippen molar-refractivity contribution in [3.05, 3.63) is 45.3 Å². The first-order chi connectivity index (χ1) is 13.2. The van der Waals surface area contributed by atoms with E-state index < -0.39 is 10.0 Å². The van der Waals surface area contributed by atoms with Crippen LogP contribution in [-0.4, -0.2) is 55.5 Å². The van der Waals surface area contributed by atoms with Crippen LogP contribution in [0.2, 0.25) is 10.0 Å². The fraction of sp³-hybridized carbons (Fsp3) is 0.421. The van der Waals surface area contributed by atoms with Crippen molar-refractivity contribution in [3.8, 4) is 10.4 Å². The summed E-state index contributed by atoms with van der Waals surface area (Å²) in [5.74, 6) is -0.0229. The van der Waals surface area contributed by atoms with E-state index in [-0.39, 0.29) is 11.9 Å². The number of halogens is 2. The monoisotopic (exact) mass is 460 g/mol. The van der Waals surface area contributed by atoms with E-state index in [1.165, 1.54) is 21.9 Å². The molecule has 2 heterocycles. The Morgan fingerprint density at radius 2 is 1.79 bits per heavy atom. The van der Waals surface area contributed by atoms with Crippen molar-refractivity contribution < 1.29 is 13.2 Å². The lowest BCUT2D eigenvalue weighted by atomic mass is 10.0. The molecule has 0 aliphatic carbocycles. The Morgan fingerprint density at radius 1 is 1.18 bits per heavy atom. The molecular weight excluding hydrogens is 439 g/mol. The number of likely N-dealkylation sites (tertiary alicyclic amines) is 1. The van der Waals surface area contributed by atoms with Gasteiger partial charge in [0.1, 0.15) is 0 Å². The molecule has 0 atom stereocenters. The fourth-order valence-corrected chi connectivity index (χ4v) is 6.29. The predicted octanol–water partition coefficient (Wildman–Crippen LogP) is 4.61. The Balaban J connectivity index is 1.68. The highest BCUT2D eigenvalue weighted by atomic mass is 35.5. The van der Waals surface area contributed by atoms with Crippen LogP contribution in [0, 0.1) is 0 Å². The second kappa shape index (κ2) is 8.71. The third-order valence-corrected chi connectivity index (χ3v) is 7.83. The zero-order valence-electron chi connectivity index (χ0n) is 15.7. The van der Waals surface area contributed by atoms with Gasteiger partial charge in [-0.15, -0.1) is 11.3 Å². The summed E-state index contributed by atoms with van der Waals surface area (Å²) in [7, 11) is -3.23. The smallest absolute Gasteiger partial charge is 0.263 e. The number of carbonyl (C=O) groups is 1. The maximum atomic E-state index is 12.9. The van der Waals surface area contributed by atoms with Gasteiger partial charge in [-0.25, -0.2) is 8.42 Å². The van der Waals surface area contributed by atoms with Gasteiger partial charge in [0.2, 0.25) is 10.0 Å². The van der Waals surface area contributed by atoms with E-state index in [4.69, 9.17) is 23.2 Å². The first kappa shape index (κ1) is 21.6. The minimum Gasteiger partial charge on any atom is -0.338 e. The Morgan fingerprint density at radius 3 is 2.32 bits per heavy atom. The zero-order valence-corrected chi connectivity index (χ0v) is 18.8. The summed E-state index contributed by atoms with van der Waals surface area (Å²) >= 11 is 13.6. The maximum absolute atomic E-state index is 12.9. The number of amides is 1. The lowest BCUT2D eigenvalue weighted by molar-refractivity contribution is 0.0685. The van der Waals surface area contributed by atoms with Gasteiger partial charge in [0, 0.05) is 40.6 Å². The average molecular weight is 461 g/mol. The topological polar surface area (TPSA) is 57.7 Å². The van der Waals surface area contributed by atoms with Crippen molar-refractivity contribution in [3.63, 3.8) is 0 Å². The second-order valence-corrected chi connectivity index (χ2v) is 10.7. The lowest BCUT2D eigenvalue weighted by Gasteiger charge is -2.36. The Labute approximate surface area is 179 Å². The molecule has 2 aromatic rings. The number of sulfonamides is 1. The minimum atomic E-state index is -3.23. The van der Waals surface area contributed by atoms with Gasteiger partial charge in [-0.3, -0.25) is 4.79 Å². The molecule has 0 N–H and O–H groups in total. The van der Waals surface area contributed by atoms with E-state index in [1.807, 2.05) is 31.2 Å². The van der Waals surface area contributed by atoms with Gasteiger partial charge in [0.15, 0.2) is 0 Å². The van der Waals surface area contributed by atoms with Crippen LogP contribution in [0.5, 0.6) is 0 Å². The van der Waals surface area contributed by atoms with Crippen LogP contribution in [0.15, 0.2) is 30.3 Å². The molecule has 1 aromatic heterocycles. The molecule has 1 aliphatic heterocycles. The Bertz CT molecular complexity index is 947. The number of piperidine rings is 1. The van der Waals surface area contributed by atoms with Crippen molar-refractivity contribution in [1.29, 1.82) is 0 Å². The first-order valence-corrected chi connectivity index (χ1v) is 12.4. The fourth-order valence-electron chi connectivity index (χ4n) is 3.58. The SMILES string of the molecule is CCN(C1CCN(C(=O)c2ccc(-c3cc(Cl)cc(Cl)c3)s2)CC1)S(C)(=O)=O. The quantitative estimate of drug-likeness (QED) is 0.654. The van der Waals surface area contributed by atoms with Crippen LogP contribution in [0.4, 0.5) is 0 Å². The molecule has 1 saturated heterocycles. The third kappa shape index (κ3) is 4.89. The number of hydrogen-bond acceptors (Lipinski definition) is 4. The summed E-state index contributed by atoms with van der Waals surface area (Å²) in [4.78, 5) is 16.3. The number of thiophene rings is 1. The Hall–Kier alpha value is -1.12. The molecule has 28 heavy (non-hydrogen) atoms. The van der Waals surface area contributed by atoms with Gasteiger partial charge in [0.05, 0.1) is 11.1 Å². The molecule has 1 amide bonds. The maximum Gasteiger partial charge on any atom is 0.263 e. The molecule has 1 aromatic carbocycles. The zero-order chi connectivity index (χ0) is 20.5. The van der Waals surface area contributed by atoms with E-state index in [1.54, 1.807) is 11.0 Å². The normalized spacial score (nSPS) is 16.0. The number of rotatable bonds is 5. The average Bonchev–Trinajstić information content (AvgIpc) is 3.10. The van der Waals surface area contributed by atoms with E-state index in [2.05, 4.69) is 0 Å². The number of nitrogens with zero attached hydrogens (tertiary/aromatic N) is 2. The molecule has 0 unspecified atom stereocenters. The number of carbonyl (C=O) groups excluding carboxylic acids is 1. The number of hydrogen-bond donors (Lipinski definition) is 0. The summed E-state index contributed by atoms with van der Waals surface area (Å²) < 4.78 is 25.4. The van der Waals surface area contributed by atoms with Crippen molar-refractivity contribution in [2.75, 3.05) is 25.9 Å². The summed E-state index contributed by atoms with van der Waals surface area (Å²) in [5.41, 5.74) is 0.881. The van der Waals surface area contributed by atoms with E-state index in [0.717, 1.165) is 10.4 Å². The van der Waals surface area contributed by atoms with Crippen molar-refractivity contribution in [1.82, 2.24) is 9.21 Å². The van der Waals surface area contributed by atoms with Crippen molar-refractivity contribution >= 4 is 50.5 Å². The molecular formula is C19H22Cl2N2O3S2. The van der Waals surface area contributed by atoms with Crippen LogP contribution < -0.4 is 0 Å². The summed E-state index contributed by atoms with van der Waals surface area (Å²) in [6.45, 7) is 3.39. The van der Waals surface area contributed by atoms with E-state index >= 15 is 0 Å². The molecule has 0 spiro atoms. The number of benzene rings is 1. The Kier molecular flexibility index (Phi) is 6.72. The van der Waals surface area contributed by atoms with Gasteiger partial charge in [-0.1, -0.05) is 30.1 Å². The highest BCUT2D eigenvalue weighted by Crippen LogP contribution is 2.33. The molecule has 1 fully saturated rings. The van der Waals surface area contributed by atoms with Gasteiger partial charge < -0.3 is 4.90 Å². The van der Waals surface area contributed by atoms with Crippen LogP contribution in [0.1, 0.15) is 29.4 Å². The molecule has 1 aliphatic rings. The van der Waals surface area contributed by atoms with Crippen LogP contribution in [-0.2, 0) is 10.0 Å². The second-order valence-electron chi connectivity index (χ2n) is 6.81. The summed E-state index contributed by atoms with van der Waals surface area (Å²) in [6, 6.07) is 8.99. The van der Waals surface area contributed by atoms with E-state index in [0.29, 0.717) is 47.4 Å². The van der Waals surface area contributed by atoms with Crippen molar-refractivity contribution in [2.45, 2.75) is 25.8 Å². The highest BCUT2D eigenvalue weighted by molar-refractivity contribution is 7.88. The third-order valence-electron chi connectivity index (χ3n) is 4.86. The summed E-state index contributed by atoms with van der Waals surface area (Å²) in [6.07, 6.45) is 2.53. The molecule has 0 radical (unpaired) electrons. The molecule has 0 bridgehead atoms. The van der Waals surface area contributed by atoms with Gasteiger partial charge >= 0.3 is 0 Å². The standard InChI is InChI=1S/C19H22Cl2N2O3S2/c1-3-23(28(2,25)26)16-6-8-22(9-7-16)19(24)18-5-4-17(27-18)13-10-14(20)12-15(21)11-13/h4-5,10-12,16H,3,6-9H2,1-2H3. The van der Waals surface area contributed by atoms with Crippen LogP contribution >= 0.6 is 34.5 Å². The molecule has 0 saturated carbocycles. The van der Waals surface area contributed by atoms with E-state index in [9.17, 15) is 13.2 Å². The predicted molar refractivity (Wildman–Crippen MR) is 116 cm³/mol. The lowest BCUT2D eigenvalue weighted by Crippen LogP contribution is -2.48.